The average molecular weight is 377 g/mol. The number of hydrogen-bond donors (Lipinski definition) is 1. The van der Waals surface area contributed by atoms with Crippen molar-refractivity contribution in [2.24, 2.45) is 7.05 Å². The van der Waals surface area contributed by atoms with E-state index in [1.165, 1.54) is 11.3 Å². The molecular formula is C12H15Br2N3O. The summed E-state index contributed by atoms with van der Waals surface area (Å²) in [6.07, 6.45) is 1.90. The van der Waals surface area contributed by atoms with Crippen LogP contribution in [-0.4, -0.2) is 9.78 Å². The van der Waals surface area contributed by atoms with Crippen molar-refractivity contribution in [1.29, 1.82) is 0 Å². The standard InChI is InChI=1S/C12H15Br2N3O/c1-7(10-6-16-17(3)8(10)2)15-5-9-4-11(13)12(14)18-9/h4,6-7,15H,5H2,1-3H3. The first kappa shape index (κ1) is 13.8. The van der Waals surface area contributed by atoms with Crippen LogP contribution in [0.5, 0.6) is 0 Å². The number of aryl methyl sites for hydroxylation is 1. The number of aromatic nitrogens is 2. The fraction of sp³-hybridized carbons (Fsp3) is 0.417. The molecule has 0 radical (unpaired) electrons. The molecule has 0 aromatic carbocycles. The van der Waals surface area contributed by atoms with E-state index in [0.717, 1.165) is 14.9 Å². The van der Waals surface area contributed by atoms with Crippen LogP contribution in [0.3, 0.4) is 0 Å². The first-order valence-electron chi connectivity index (χ1n) is 5.64. The smallest absolute Gasteiger partial charge is 0.183 e. The molecule has 1 unspecified atom stereocenters. The van der Waals surface area contributed by atoms with Gasteiger partial charge in [0, 0.05) is 24.3 Å². The zero-order chi connectivity index (χ0) is 13.3. The third kappa shape index (κ3) is 2.87. The van der Waals surface area contributed by atoms with Gasteiger partial charge in [0.15, 0.2) is 4.67 Å². The summed E-state index contributed by atoms with van der Waals surface area (Å²) in [5.74, 6) is 0.891. The van der Waals surface area contributed by atoms with Crippen molar-refractivity contribution in [2.45, 2.75) is 26.4 Å². The monoisotopic (exact) mass is 375 g/mol. The summed E-state index contributed by atoms with van der Waals surface area (Å²) in [6.45, 7) is 4.87. The van der Waals surface area contributed by atoms with Gasteiger partial charge in [0.05, 0.1) is 17.2 Å². The topological polar surface area (TPSA) is 43.0 Å². The highest BCUT2D eigenvalue weighted by Gasteiger charge is 2.13. The molecular weight excluding hydrogens is 362 g/mol. The molecule has 2 heterocycles. The Bertz CT molecular complexity index is 528. The van der Waals surface area contributed by atoms with Crippen LogP contribution in [-0.2, 0) is 13.6 Å². The molecule has 2 aromatic rings. The Morgan fingerprint density at radius 2 is 2.22 bits per heavy atom. The number of nitrogens with zero attached hydrogens (tertiary/aromatic N) is 2. The summed E-state index contributed by atoms with van der Waals surface area (Å²) in [5, 5.41) is 7.67. The van der Waals surface area contributed by atoms with E-state index < -0.39 is 0 Å². The molecule has 0 spiro atoms. The zero-order valence-corrected chi connectivity index (χ0v) is 13.7. The van der Waals surface area contributed by atoms with E-state index in [2.05, 4.69) is 56.1 Å². The fourth-order valence-electron chi connectivity index (χ4n) is 1.78. The molecule has 18 heavy (non-hydrogen) atoms. The third-order valence-corrected chi connectivity index (χ3v) is 4.73. The second-order valence-electron chi connectivity index (χ2n) is 4.25. The summed E-state index contributed by atoms with van der Waals surface area (Å²) in [6, 6.07) is 2.20. The highest BCUT2D eigenvalue weighted by molar-refractivity contribution is 9.13. The highest BCUT2D eigenvalue weighted by atomic mass is 79.9. The number of hydrogen-bond acceptors (Lipinski definition) is 3. The molecule has 0 bridgehead atoms. The Labute approximate surface area is 123 Å². The first-order chi connectivity index (χ1) is 8.49. The largest absolute Gasteiger partial charge is 0.452 e. The predicted molar refractivity (Wildman–Crippen MR) is 77.3 cm³/mol. The molecule has 0 saturated heterocycles. The van der Waals surface area contributed by atoms with Crippen molar-refractivity contribution in [1.82, 2.24) is 15.1 Å². The summed E-state index contributed by atoms with van der Waals surface area (Å²) in [4.78, 5) is 0. The van der Waals surface area contributed by atoms with Crippen LogP contribution < -0.4 is 5.32 Å². The lowest BCUT2D eigenvalue weighted by molar-refractivity contribution is 0.445. The van der Waals surface area contributed by atoms with Crippen LogP contribution in [0.2, 0.25) is 0 Å². The predicted octanol–water partition coefficient (Wildman–Crippen LogP) is 3.70. The Morgan fingerprint density at radius 1 is 1.50 bits per heavy atom. The first-order valence-corrected chi connectivity index (χ1v) is 7.23. The minimum Gasteiger partial charge on any atom is -0.452 e. The number of rotatable bonds is 4. The Hall–Kier alpha value is -0.590. The molecule has 0 saturated carbocycles. The zero-order valence-electron chi connectivity index (χ0n) is 10.5. The van der Waals surface area contributed by atoms with E-state index in [1.807, 2.05) is 24.0 Å². The van der Waals surface area contributed by atoms with E-state index in [4.69, 9.17) is 4.42 Å². The molecule has 0 amide bonds. The summed E-state index contributed by atoms with van der Waals surface area (Å²) in [5.41, 5.74) is 2.39. The minimum absolute atomic E-state index is 0.237. The Balaban J connectivity index is 2.00. The van der Waals surface area contributed by atoms with Crippen LogP contribution in [0.15, 0.2) is 25.8 Å². The second-order valence-corrected chi connectivity index (χ2v) is 5.82. The highest BCUT2D eigenvalue weighted by Crippen LogP contribution is 2.27. The van der Waals surface area contributed by atoms with Gasteiger partial charge in [-0.1, -0.05) is 0 Å². The van der Waals surface area contributed by atoms with E-state index in [1.54, 1.807) is 0 Å². The number of halogens is 2. The third-order valence-electron chi connectivity index (χ3n) is 3.02. The maximum atomic E-state index is 5.52. The van der Waals surface area contributed by atoms with Gasteiger partial charge in [-0.05, 0) is 51.8 Å². The number of furan rings is 1. The van der Waals surface area contributed by atoms with Crippen LogP contribution in [0, 0.1) is 6.92 Å². The van der Waals surface area contributed by atoms with Crippen molar-refractivity contribution in [3.8, 4) is 0 Å². The molecule has 0 aliphatic heterocycles. The molecule has 0 aliphatic carbocycles. The van der Waals surface area contributed by atoms with Gasteiger partial charge < -0.3 is 9.73 Å². The molecule has 4 nitrogen and oxygen atoms in total. The SMILES string of the molecule is Cc1c(C(C)NCc2cc(Br)c(Br)o2)cnn1C. The second kappa shape index (κ2) is 5.59. The van der Waals surface area contributed by atoms with Gasteiger partial charge in [-0.2, -0.15) is 5.10 Å². The molecule has 1 atom stereocenters. The Kier molecular flexibility index (Phi) is 4.29. The van der Waals surface area contributed by atoms with Gasteiger partial charge in [0.1, 0.15) is 5.76 Å². The maximum Gasteiger partial charge on any atom is 0.183 e. The quantitative estimate of drug-likeness (QED) is 0.884. The lowest BCUT2D eigenvalue weighted by atomic mass is 10.1. The van der Waals surface area contributed by atoms with Crippen molar-refractivity contribution < 1.29 is 4.42 Å². The normalized spacial score (nSPS) is 12.9. The van der Waals surface area contributed by atoms with Crippen molar-refractivity contribution in [3.05, 3.63) is 38.4 Å². The summed E-state index contributed by atoms with van der Waals surface area (Å²) in [7, 11) is 1.95. The van der Waals surface area contributed by atoms with Crippen LogP contribution in [0.1, 0.15) is 30.0 Å². The molecule has 6 heteroatoms. The van der Waals surface area contributed by atoms with E-state index in [0.29, 0.717) is 6.54 Å². The van der Waals surface area contributed by atoms with E-state index in [9.17, 15) is 0 Å². The van der Waals surface area contributed by atoms with Gasteiger partial charge in [-0.15, -0.1) is 0 Å². The molecule has 2 aromatic heterocycles. The van der Waals surface area contributed by atoms with Gasteiger partial charge >= 0.3 is 0 Å². The average Bonchev–Trinajstić information content (AvgIpc) is 2.82. The molecule has 0 aliphatic rings. The Morgan fingerprint density at radius 3 is 2.72 bits per heavy atom. The van der Waals surface area contributed by atoms with Crippen molar-refractivity contribution in [3.63, 3.8) is 0 Å². The molecule has 2 rings (SSSR count). The van der Waals surface area contributed by atoms with Gasteiger partial charge in [-0.25, -0.2) is 0 Å². The van der Waals surface area contributed by atoms with Gasteiger partial charge in [0.2, 0.25) is 0 Å². The lowest BCUT2D eigenvalue weighted by Gasteiger charge is -2.12. The molecule has 0 fully saturated rings. The van der Waals surface area contributed by atoms with E-state index in [-0.39, 0.29) is 6.04 Å². The minimum atomic E-state index is 0.237. The maximum absolute atomic E-state index is 5.52. The van der Waals surface area contributed by atoms with Crippen molar-refractivity contribution >= 4 is 31.9 Å². The van der Waals surface area contributed by atoms with Gasteiger partial charge in [-0.3, -0.25) is 4.68 Å². The summed E-state index contributed by atoms with van der Waals surface area (Å²) >= 11 is 6.73. The van der Waals surface area contributed by atoms with Crippen LogP contribution in [0.25, 0.3) is 0 Å². The number of nitrogens with one attached hydrogen (secondary N) is 1. The fourth-order valence-corrected chi connectivity index (χ4v) is 2.44. The van der Waals surface area contributed by atoms with Crippen molar-refractivity contribution in [2.75, 3.05) is 0 Å². The van der Waals surface area contributed by atoms with E-state index >= 15 is 0 Å². The molecule has 98 valence electrons. The van der Waals surface area contributed by atoms with Crippen LogP contribution >= 0.6 is 31.9 Å². The van der Waals surface area contributed by atoms with Crippen LogP contribution in [0.4, 0.5) is 0 Å². The van der Waals surface area contributed by atoms with Gasteiger partial charge in [0.25, 0.3) is 0 Å². The summed E-state index contributed by atoms with van der Waals surface area (Å²) < 4.78 is 9.07. The molecule has 1 N–H and O–H groups in total. The lowest BCUT2D eigenvalue weighted by Crippen LogP contribution is -2.18.